The van der Waals surface area contributed by atoms with Gasteiger partial charge < -0.3 is 30.7 Å². The van der Waals surface area contributed by atoms with Crippen molar-refractivity contribution in [1.82, 2.24) is 0 Å². The summed E-state index contributed by atoms with van der Waals surface area (Å²) >= 11 is 0. The molecular formula is C13H30NO8P. The summed E-state index contributed by atoms with van der Waals surface area (Å²) in [6, 6.07) is 0. The van der Waals surface area contributed by atoms with E-state index in [1.165, 1.54) is 7.11 Å². The van der Waals surface area contributed by atoms with Gasteiger partial charge in [-0.3, -0.25) is 9.05 Å². The molecule has 0 aromatic rings. The van der Waals surface area contributed by atoms with E-state index in [9.17, 15) is 19.7 Å². The summed E-state index contributed by atoms with van der Waals surface area (Å²) in [6.07, 6.45) is -5.33. The highest BCUT2D eigenvalue weighted by molar-refractivity contribution is 7.47. The van der Waals surface area contributed by atoms with E-state index in [4.69, 9.17) is 20.1 Å². The van der Waals surface area contributed by atoms with Gasteiger partial charge in [0.2, 0.25) is 0 Å². The molecule has 23 heavy (non-hydrogen) atoms. The molecule has 0 saturated heterocycles. The number of methoxy groups -OCH3 is 1. The van der Waals surface area contributed by atoms with Crippen molar-refractivity contribution in [1.29, 1.82) is 0 Å². The molecule has 0 aromatic carbocycles. The Bertz CT molecular complexity index is 366. The Hall–Kier alpha value is -0.0900. The van der Waals surface area contributed by atoms with Crippen molar-refractivity contribution in [3.63, 3.8) is 0 Å². The topological polar surface area (TPSA) is 152 Å². The molecule has 0 fully saturated rings. The van der Waals surface area contributed by atoms with Crippen LogP contribution in [0.3, 0.4) is 0 Å². The van der Waals surface area contributed by atoms with Crippen molar-refractivity contribution >= 4 is 7.82 Å². The Labute approximate surface area is 137 Å². The second-order valence-corrected chi connectivity index (χ2v) is 7.11. The molecule has 6 N–H and O–H groups in total. The Morgan fingerprint density at radius 1 is 1.17 bits per heavy atom. The molecule has 0 rings (SSSR count). The second-order valence-electron chi connectivity index (χ2n) is 5.70. The van der Waals surface area contributed by atoms with Gasteiger partial charge in [0.15, 0.2) is 0 Å². The van der Waals surface area contributed by atoms with Gasteiger partial charge in [0.25, 0.3) is 0 Å². The summed E-state index contributed by atoms with van der Waals surface area (Å²) < 4.78 is 26.5. The summed E-state index contributed by atoms with van der Waals surface area (Å²) in [6.45, 7) is 4.69. The van der Waals surface area contributed by atoms with Crippen LogP contribution >= 0.6 is 7.82 Å². The number of nitrogens with two attached hydrogens (primary N) is 1. The number of hydrogen-bond acceptors (Lipinski definition) is 8. The van der Waals surface area contributed by atoms with Gasteiger partial charge in [-0.1, -0.05) is 20.8 Å². The summed E-state index contributed by atoms with van der Waals surface area (Å²) in [5.74, 6) is -0.413. The van der Waals surface area contributed by atoms with Crippen LogP contribution in [0.2, 0.25) is 0 Å². The maximum Gasteiger partial charge on any atom is 0.472 e. The van der Waals surface area contributed by atoms with E-state index >= 15 is 0 Å². The molecule has 0 spiro atoms. The predicted octanol–water partition coefficient (Wildman–Crippen LogP) is -0.531. The molecule has 10 heteroatoms. The van der Waals surface area contributed by atoms with Crippen LogP contribution in [-0.2, 0) is 18.3 Å². The minimum atomic E-state index is -4.45. The third-order valence-electron chi connectivity index (χ3n) is 3.75. The maximum atomic E-state index is 11.9. The third-order valence-corrected chi connectivity index (χ3v) is 4.77. The fourth-order valence-electron chi connectivity index (χ4n) is 1.94. The molecule has 0 amide bonds. The zero-order valence-electron chi connectivity index (χ0n) is 14.0. The van der Waals surface area contributed by atoms with Crippen LogP contribution in [0.1, 0.15) is 20.8 Å². The first-order valence-corrected chi connectivity index (χ1v) is 8.96. The highest BCUT2D eigenvalue weighted by Gasteiger charge is 2.41. The quantitative estimate of drug-likeness (QED) is 0.289. The second kappa shape index (κ2) is 10.7. The highest BCUT2D eigenvalue weighted by Crippen LogP contribution is 2.47. The molecule has 0 radical (unpaired) electrons. The number of aliphatic hydroxyl groups excluding tert-OH is 3. The van der Waals surface area contributed by atoms with Gasteiger partial charge in [0, 0.05) is 13.7 Å². The molecule has 0 heterocycles. The zero-order chi connectivity index (χ0) is 18.2. The minimum absolute atomic E-state index is 0.0218. The van der Waals surface area contributed by atoms with Gasteiger partial charge in [-0.2, -0.15) is 0 Å². The predicted molar refractivity (Wildman–Crippen MR) is 83.6 cm³/mol. The van der Waals surface area contributed by atoms with Crippen LogP contribution in [0, 0.1) is 11.8 Å². The van der Waals surface area contributed by atoms with Crippen LogP contribution < -0.4 is 5.73 Å². The van der Waals surface area contributed by atoms with Gasteiger partial charge >= 0.3 is 7.82 Å². The van der Waals surface area contributed by atoms with E-state index < -0.39 is 44.8 Å². The standard InChI is InChI=1S/C13H30NO8P/c1-8(2)9(3)13(22-23(18,19)21-6-5-14)12(17)11(16)10(7-15)20-4/h8-13,15-17H,5-7,14H2,1-4H3,(H,18,19). The number of hydrogen-bond donors (Lipinski definition) is 5. The molecule has 0 aromatic heterocycles. The van der Waals surface area contributed by atoms with Crippen LogP contribution in [0.5, 0.6) is 0 Å². The number of phosphoric acid groups is 1. The summed E-state index contributed by atoms with van der Waals surface area (Å²) in [5, 5.41) is 29.6. The Morgan fingerprint density at radius 3 is 2.13 bits per heavy atom. The molecule has 0 saturated carbocycles. The number of aliphatic hydroxyl groups is 3. The van der Waals surface area contributed by atoms with Crippen LogP contribution in [-0.4, -0.2) is 71.5 Å². The summed E-state index contributed by atoms with van der Waals surface area (Å²) in [5.41, 5.74) is 5.21. The van der Waals surface area contributed by atoms with Crippen LogP contribution in [0.15, 0.2) is 0 Å². The van der Waals surface area contributed by atoms with Gasteiger partial charge in [-0.25, -0.2) is 4.57 Å². The lowest BCUT2D eigenvalue weighted by Gasteiger charge is -2.35. The minimum Gasteiger partial charge on any atom is -0.394 e. The number of ether oxygens (including phenoxy) is 1. The molecule has 6 atom stereocenters. The monoisotopic (exact) mass is 359 g/mol. The first-order chi connectivity index (χ1) is 10.6. The molecular weight excluding hydrogens is 329 g/mol. The van der Waals surface area contributed by atoms with Gasteiger partial charge in [-0.15, -0.1) is 0 Å². The van der Waals surface area contributed by atoms with Crippen molar-refractivity contribution in [2.24, 2.45) is 17.6 Å². The van der Waals surface area contributed by atoms with Crippen molar-refractivity contribution in [3.8, 4) is 0 Å². The molecule has 9 nitrogen and oxygen atoms in total. The van der Waals surface area contributed by atoms with Crippen molar-refractivity contribution in [3.05, 3.63) is 0 Å². The third kappa shape index (κ3) is 7.55. The molecule has 0 aliphatic heterocycles. The fourth-order valence-corrected chi connectivity index (χ4v) is 2.96. The smallest absolute Gasteiger partial charge is 0.394 e. The first kappa shape index (κ1) is 22.9. The van der Waals surface area contributed by atoms with E-state index in [0.717, 1.165) is 0 Å². The lowest BCUT2D eigenvalue weighted by molar-refractivity contribution is -0.135. The molecule has 0 bridgehead atoms. The number of rotatable bonds is 12. The lowest BCUT2D eigenvalue weighted by Crippen LogP contribution is -2.50. The van der Waals surface area contributed by atoms with E-state index in [1.807, 2.05) is 13.8 Å². The van der Waals surface area contributed by atoms with Gasteiger partial charge in [0.05, 0.1) is 13.2 Å². The lowest BCUT2D eigenvalue weighted by atomic mass is 9.86. The first-order valence-electron chi connectivity index (χ1n) is 7.46. The zero-order valence-corrected chi connectivity index (χ0v) is 14.9. The normalized spacial score (nSPS) is 21.5. The number of phosphoric ester groups is 1. The highest BCUT2D eigenvalue weighted by atomic mass is 31.2. The van der Waals surface area contributed by atoms with E-state index in [-0.39, 0.29) is 19.1 Å². The van der Waals surface area contributed by atoms with E-state index in [0.29, 0.717) is 0 Å². The fraction of sp³-hybridized carbons (Fsp3) is 1.00. The van der Waals surface area contributed by atoms with Crippen molar-refractivity contribution < 1.29 is 38.6 Å². The van der Waals surface area contributed by atoms with Crippen LogP contribution in [0.4, 0.5) is 0 Å². The summed E-state index contributed by atoms with van der Waals surface area (Å²) in [4.78, 5) is 9.71. The van der Waals surface area contributed by atoms with Gasteiger partial charge in [-0.05, 0) is 11.8 Å². The van der Waals surface area contributed by atoms with Gasteiger partial charge in [0.1, 0.15) is 24.4 Å². The molecule has 140 valence electrons. The Balaban J connectivity index is 5.25. The SMILES string of the molecule is COC(CO)C(O)C(O)C(OP(=O)(O)OCCN)C(C)C(C)C. The Kier molecular flexibility index (Phi) is 10.7. The average Bonchev–Trinajstić information content (AvgIpc) is 2.50. The summed E-state index contributed by atoms with van der Waals surface area (Å²) in [7, 11) is -3.19. The van der Waals surface area contributed by atoms with E-state index in [2.05, 4.69) is 4.52 Å². The average molecular weight is 359 g/mol. The molecule has 6 unspecified atom stereocenters. The maximum absolute atomic E-state index is 11.9. The van der Waals surface area contributed by atoms with Crippen molar-refractivity contribution in [2.45, 2.75) is 45.2 Å². The van der Waals surface area contributed by atoms with Crippen molar-refractivity contribution in [2.75, 3.05) is 26.9 Å². The molecule has 0 aliphatic rings. The Morgan fingerprint density at radius 2 is 1.74 bits per heavy atom. The molecule has 0 aliphatic carbocycles. The largest absolute Gasteiger partial charge is 0.472 e. The van der Waals surface area contributed by atoms with Crippen LogP contribution in [0.25, 0.3) is 0 Å². The van der Waals surface area contributed by atoms with E-state index in [1.54, 1.807) is 6.92 Å².